The van der Waals surface area contributed by atoms with E-state index >= 15 is 0 Å². The van der Waals surface area contributed by atoms with Crippen LogP contribution in [0.1, 0.15) is 11.1 Å². The van der Waals surface area contributed by atoms with Gasteiger partial charge in [-0.2, -0.15) is 0 Å². The molecule has 0 saturated carbocycles. The highest BCUT2D eigenvalue weighted by atomic mass is 28.4. The molecular weight excluding hydrogens is 408 g/mol. The molecule has 0 amide bonds. The van der Waals surface area contributed by atoms with Crippen molar-refractivity contribution in [2.75, 3.05) is 6.61 Å². The molecule has 4 nitrogen and oxygen atoms in total. The van der Waals surface area contributed by atoms with Crippen LogP contribution in [-0.2, 0) is 22.4 Å². The van der Waals surface area contributed by atoms with E-state index in [0.717, 1.165) is 23.5 Å². The smallest absolute Gasteiger partial charge is 0.309 e. The van der Waals surface area contributed by atoms with Crippen molar-refractivity contribution in [3.63, 3.8) is 0 Å². The van der Waals surface area contributed by atoms with Crippen molar-refractivity contribution in [2.24, 2.45) is 11.8 Å². The number of rotatable bonds is 8. The number of ether oxygens (including phenoxy) is 1. The molecule has 1 heterocycles. The van der Waals surface area contributed by atoms with Crippen molar-refractivity contribution in [3.05, 3.63) is 59.7 Å². The molecule has 2 atom stereocenters. The van der Waals surface area contributed by atoms with E-state index in [0.29, 0.717) is 13.0 Å². The van der Waals surface area contributed by atoms with Crippen LogP contribution < -0.4 is 8.85 Å². The predicted octanol–water partition coefficient (Wildman–Crippen LogP) is 5.69. The van der Waals surface area contributed by atoms with Gasteiger partial charge in [-0.1, -0.05) is 24.3 Å². The van der Waals surface area contributed by atoms with E-state index in [-0.39, 0.29) is 17.8 Å². The number of benzene rings is 2. The number of cyclic esters (lactones) is 1. The van der Waals surface area contributed by atoms with Gasteiger partial charge in [0.05, 0.1) is 12.5 Å². The molecule has 30 heavy (non-hydrogen) atoms. The van der Waals surface area contributed by atoms with Gasteiger partial charge in [-0.05, 0) is 87.5 Å². The first-order valence-electron chi connectivity index (χ1n) is 10.7. The summed E-state index contributed by atoms with van der Waals surface area (Å²) in [4.78, 5) is 12.5. The van der Waals surface area contributed by atoms with Gasteiger partial charge in [-0.15, -0.1) is 0 Å². The molecule has 0 N–H and O–H groups in total. The van der Waals surface area contributed by atoms with Gasteiger partial charge in [-0.3, -0.25) is 4.79 Å². The average molecular weight is 443 g/mol. The first kappa shape index (κ1) is 22.6. The lowest BCUT2D eigenvalue weighted by Crippen LogP contribution is -2.29. The molecule has 2 unspecified atom stereocenters. The maximum Gasteiger partial charge on any atom is 0.309 e. The van der Waals surface area contributed by atoms with Crippen molar-refractivity contribution in [1.82, 2.24) is 0 Å². The molecule has 2 aromatic rings. The molecule has 0 spiro atoms. The van der Waals surface area contributed by atoms with E-state index in [1.807, 2.05) is 24.3 Å². The van der Waals surface area contributed by atoms with E-state index < -0.39 is 16.6 Å². The van der Waals surface area contributed by atoms with Crippen molar-refractivity contribution in [2.45, 2.75) is 52.1 Å². The van der Waals surface area contributed by atoms with Gasteiger partial charge < -0.3 is 13.6 Å². The highest BCUT2D eigenvalue weighted by Crippen LogP contribution is 2.31. The summed E-state index contributed by atoms with van der Waals surface area (Å²) in [5.41, 5.74) is 2.31. The Morgan fingerprint density at radius 2 is 1.33 bits per heavy atom. The minimum Gasteiger partial charge on any atom is -0.544 e. The van der Waals surface area contributed by atoms with Crippen LogP contribution in [-0.4, -0.2) is 29.2 Å². The van der Waals surface area contributed by atoms with E-state index in [2.05, 4.69) is 63.5 Å². The van der Waals surface area contributed by atoms with Crippen LogP contribution in [0.3, 0.4) is 0 Å². The predicted molar refractivity (Wildman–Crippen MR) is 126 cm³/mol. The van der Waals surface area contributed by atoms with E-state index in [9.17, 15) is 4.79 Å². The summed E-state index contributed by atoms with van der Waals surface area (Å²) in [5.74, 6) is 1.76. The second kappa shape index (κ2) is 8.98. The topological polar surface area (TPSA) is 44.8 Å². The summed E-state index contributed by atoms with van der Waals surface area (Å²) in [5, 5.41) is 0. The molecule has 0 aliphatic carbocycles. The first-order valence-corrected chi connectivity index (χ1v) is 17.5. The summed E-state index contributed by atoms with van der Waals surface area (Å²) >= 11 is 0. The summed E-state index contributed by atoms with van der Waals surface area (Å²) in [7, 11) is -3.32. The van der Waals surface area contributed by atoms with Gasteiger partial charge in [0, 0.05) is 5.92 Å². The first-order chi connectivity index (χ1) is 14.0. The third-order valence-corrected chi connectivity index (χ3v) is 6.61. The number of esters is 1. The number of hydrogen-bond donors (Lipinski definition) is 0. The Hall–Kier alpha value is -2.06. The minimum atomic E-state index is -1.67. The summed E-state index contributed by atoms with van der Waals surface area (Å²) in [6.07, 6.45) is 1.49. The zero-order valence-electron chi connectivity index (χ0n) is 19.0. The number of hydrogen-bond acceptors (Lipinski definition) is 4. The number of carbonyl (C=O) groups excluding carboxylic acids is 1. The third kappa shape index (κ3) is 6.74. The Morgan fingerprint density at radius 1 is 0.833 bits per heavy atom. The van der Waals surface area contributed by atoms with Crippen LogP contribution in [0.4, 0.5) is 0 Å². The largest absolute Gasteiger partial charge is 0.544 e. The average Bonchev–Trinajstić information content (AvgIpc) is 2.93. The normalized spacial score (nSPS) is 19.5. The molecule has 2 aromatic carbocycles. The van der Waals surface area contributed by atoms with Gasteiger partial charge >= 0.3 is 5.97 Å². The number of carbonyl (C=O) groups is 1. The Labute approximate surface area is 182 Å². The highest BCUT2D eigenvalue weighted by Gasteiger charge is 2.37. The molecule has 1 aliphatic heterocycles. The molecule has 6 heteroatoms. The molecule has 1 saturated heterocycles. The van der Waals surface area contributed by atoms with E-state index in [4.69, 9.17) is 13.6 Å². The Bertz CT molecular complexity index is 883. The van der Waals surface area contributed by atoms with Crippen LogP contribution in [0.2, 0.25) is 39.3 Å². The fraction of sp³-hybridized carbons (Fsp3) is 0.458. The standard InChI is InChI=1S/C24H34O4Si2/c1-29(2,3)27-21-11-7-9-18(14-21)13-20-17-26-24(25)23(20)16-19-10-8-12-22(15-19)28-30(4,5)6/h7-12,14-15,20,23H,13,16-17H2,1-6H3. The van der Waals surface area contributed by atoms with Crippen LogP contribution in [0.25, 0.3) is 0 Å². The molecule has 1 aliphatic rings. The second-order valence-electron chi connectivity index (χ2n) is 10.1. The van der Waals surface area contributed by atoms with Crippen molar-refractivity contribution in [1.29, 1.82) is 0 Å². The lowest BCUT2D eigenvalue weighted by atomic mass is 9.85. The molecular formula is C24H34O4Si2. The molecule has 0 radical (unpaired) electrons. The lowest BCUT2D eigenvalue weighted by molar-refractivity contribution is -0.141. The van der Waals surface area contributed by atoms with Crippen LogP contribution in [0, 0.1) is 11.8 Å². The quantitative estimate of drug-likeness (QED) is 0.389. The summed E-state index contributed by atoms with van der Waals surface area (Å²) in [6.45, 7) is 13.5. The molecule has 0 bridgehead atoms. The van der Waals surface area contributed by atoms with Crippen LogP contribution in [0.15, 0.2) is 48.5 Å². The van der Waals surface area contributed by atoms with E-state index in [1.165, 1.54) is 5.56 Å². The highest BCUT2D eigenvalue weighted by molar-refractivity contribution is 6.70. The monoisotopic (exact) mass is 442 g/mol. The summed E-state index contributed by atoms with van der Waals surface area (Å²) in [6, 6.07) is 16.4. The lowest BCUT2D eigenvalue weighted by Gasteiger charge is -2.21. The van der Waals surface area contributed by atoms with Gasteiger partial charge in [0.25, 0.3) is 0 Å². The fourth-order valence-electron chi connectivity index (χ4n) is 3.79. The Kier molecular flexibility index (Phi) is 6.77. The molecule has 0 aromatic heterocycles. The molecule has 3 rings (SSSR count). The molecule has 1 fully saturated rings. The Morgan fingerprint density at radius 3 is 1.83 bits per heavy atom. The SMILES string of the molecule is C[Si](C)(C)Oc1cccc(CC2COC(=O)C2Cc2cccc(O[Si](C)(C)C)c2)c1. The second-order valence-corrected chi connectivity index (χ2v) is 19.0. The van der Waals surface area contributed by atoms with Crippen molar-refractivity contribution in [3.8, 4) is 11.5 Å². The van der Waals surface area contributed by atoms with Crippen molar-refractivity contribution >= 4 is 22.6 Å². The fourth-order valence-corrected chi connectivity index (χ4v) is 5.46. The van der Waals surface area contributed by atoms with Gasteiger partial charge in [0.2, 0.25) is 16.6 Å². The third-order valence-electron chi connectivity index (χ3n) is 4.91. The van der Waals surface area contributed by atoms with Crippen molar-refractivity contribution < 1.29 is 18.4 Å². The van der Waals surface area contributed by atoms with Crippen LogP contribution in [0.5, 0.6) is 11.5 Å². The summed E-state index contributed by atoms with van der Waals surface area (Å²) < 4.78 is 17.7. The van der Waals surface area contributed by atoms with Gasteiger partial charge in [0.1, 0.15) is 11.5 Å². The minimum absolute atomic E-state index is 0.0916. The zero-order chi connectivity index (χ0) is 21.9. The Balaban J connectivity index is 1.71. The maximum atomic E-state index is 12.5. The van der Waals surface area contributed by atoms with Gasteiger partial charge in [0.15, 0.2) is 0 Å². The molecule has 162 valence electrons. The van der Waals surface area contributed by atoms with E-state index in [1.54, 1.807) is 0 Å². The zero-order valence-corrected chi connectivity index (χ0v) is 21.0. The van der Waals surface area contributed by atoms with Gasteiger partial charge in [-0.25, -0.2) is 0 Å². The maximum absolute atomic E-state index is 12.5. The van der Waals surface area contributed by atoms with Crippen LogP contribution >= 0.6 is 0 Å².